The standard InChI is InChI=1S/C14H18N2S2/c1-3-15-11-5-4-6-12-13(11)16-14(18-12)10-8-17-7-9(10)2/h7-8,11,15H,3-6H2,1-2H3. The maximum Gasteiger partial charge on any atom is 0.125 e. The molecule has 18 heavy (non-hydrogen) atoms. The van der Waals surface area contributed by atoms with E-state index in [0.717, 1.165) is 6.54 Å². The van der Waals surface area contributed by atoms with Crippen LogP contribution in [0.15, 0.2) is 10.8 Å². The third kappa shape index (κ3) is 2.13. The van der Waals surface area contributed by atoms with Crippen LogP contribution in [0.1, 0.15) is 41.9 Å². The lowest BCUT2D eigenvalue weighted by Crippen LogP contribution is -2.24. The van der Waals surface area contributed by atoms with E-state index < -0.39 is 0 Å². The van der Waals surface area contributed by atoms with Crippen LogP contribution in [0, 0.1) is 6.92 Å². The van der Waals surface area contributed by atoms with Gasteiger partial charge in [0.25, 0.3) is 0 Å². The molecule has 0 saturated heterocycles. The predicted molar refractivity (Wildman–Crippen MR) is 79.5 cm³/mol. The number of nitrogens with zero attached hydrogens (tertiary/aromatic N) is 1. The molecule has 1 unspecified atom stereocenters. The van der Waals surface area contributed by atoms with Crippen molar-refractivity contribution in [2.75, 3.05) is 6.54 Å². The second-order valence-electron chi connectivity index (χ2n) is 4.80. The normalized spacial score (nSPS) is 18.9. The fourth-order valence-corrected chi connectivity index (χ4v) is 4.71. The minimum atomic E-state index is 0.475. The molecule has 1 atom stereocenters. The lowest BCUT2D eigenvalue weighted by atomic mass is 9.98. The quantitative estimate of drug-likeness (QED) is 0.911. The van der Waals surface area contributed by atoms with Crippen LogP contribution >= 0.6 is 22.7 Å². The van der Waals surface area contributed by atoms with Gasteiger partial charge >= 0.3 is 0 Å². The summed E-state index contributed by atoms with van der Waals surface area (Å²) in [6, 6.07) is 0.475. The van der Waals surface area contributed by atoms with E-state index in [2.05, 4.69) is 29.9 Å². The summed E-state index contributed by atoms with van der Waals surface area (Å²) in [5.74, 6) is 0. The van der Waals surface area contributed by atoms with Gasteiger partial charge in [0.1, 0.15) is 5.01 Å². The second-order valence-corrected chi connectivity index (χ2v) is 6.63. The Kier molecular flexibility index (Phi) is 3.50. The summed E-state index contributed by atoms with van der Waals surface area (Å²) in [5, 5.41) is 9.20. The Morgan fingerprint density at radius 2 is 2.33 bits per heavy atom. The number of hydrogen-bond acceptors (Lipinski definition) is 4. The molecule has 3 rings (SSSR count). The van der Waals surface area contributed by atoms with Crippen molar-refractivity contribution in [3.05, 3.63) is 26.9 Å². The maximum absolute atomic E-state index is 4.92. The van der Waals surface area contributed by atoms with Crippen LogP contribution in [-0.4, -0.2) is 11.5 Å². The van der Waals surface area contributed by atoms with Gasteiger partial charge < -0.3 is 5.32 Å². The van der Waals surface area contributed by atoms with Gasteiger partial charge in [0, 0.05) is 15.8 Å². The highest BCUT2D eigenvalue weighted by molar-refractivity contribution is 7.15. The number of thiophene rings is 1. The number of thiazole rings is 1. The van der Waals surface area contributed by atoms with Crippen molar-refractivity contribution in [2.24, 2.45) is 0 Å². The molecular formula is C14H18N2S2. The fourth-order valence-electron chi connectivity index (χ4n) is 2.56. The van der Waals surface area contributed by atoms with Crippen LogP contribution < -0.4 is 5.32 Å². The van der Waals surface area contributed by atoms with Crippen LogP contribution in [0.2, 0.25) is 0 Å². The van der Waals surface area contributed by atoms with Gasteiger partial charge in [-0.25, -0.2) is 4.98 Å². The van der Waals surface area contributed by atoms with E-state index in [9.17, 15) is 0 Å². The smallest absolute Gasteiger partial charge is 0.125 e. The van der Waals surface area contributed by atoms with Gasteiger partial charge in [0.15, 0.2) is 0 Å². The summed E-state index contributed by atoms with van der Waals surface area (Å²) in [4.78, 5) is 6.41. The summed E-state index contributed by atoms with van der Waals surface area (Å²) >= 11 is 3.66. The predicted octanol–water partition coefficient (Wildman–Crippen LogP) is 4.17. The van der Waals surface area contributed by atoms with E-state index in [1.54, 1.807) is 11.3 Å². The molecule has 1 aliphatic rings. The highest BCUT2D eigenvalue weighted by Gasteiger charge is 2.24. The second kappa shape index (κ2) is 5.11. The van der Waals surface area contributed by atoms with Crippen molar-refractivity contribution in [1.29, 1.82) is 0 Å². The Balaban J connectivity index is 1.98. The molecular weight excluding hydrogens is 260 g/mol. The molecule has 2 heterocycles. The first-order chi connectivity index (χ1) is 8.79. The molecule has 0 fully saturated rings. The largest absolute Gasteiger partial charge is 0.309 e. The van der Waals surface area contributed by atoms with Gasteiger partial charge in [0.2, 0.25) is 0 Å². The van der Waals surface area contributed by atoms with Gasteiger partial charge in [-0.15, -0.1) is 11.3 Å². The molecule has 2 nitrogen and oxygen atoms in total. The number of aryl methyl sites for hydroxylation is 2. The first-order valence-electron chi connectivity index (χ1n) is 6.55. The third-order valence-electron chi connectivity index (χ3n) is 3.49. The molecule has 0 bridgehead atoms. The molecule has 1 aliphatic carbocycles. The van der Waals surface area contributed by atoms with Crippen molar-refractivity contribution in [3.63, 3.8) is 0 Å². The Morgan fingerprint density at radius 3 is 3.06 bits per heavy atom. The zero-order chi connectivity index (χ0) is 12.5. The number of rotatable bonds is 3. The number of hydrogen-bond donors (Lipinski definition) is 1. The molecule has 0 radical (unpaired) electrons. The lowest BCUT2D eigenvalue weighted by molar-refractivity contribution is 0.465. The van der Waals surface area contributed by atoms with Crippen LogP contribution in [0.25, 0.3) is 10.6 Å². The SMILES string of the molecule is CCNC1CCCc2sc(-c3cscc3C)nc21. The average molecular weight is 278 g/mol. The van der Waals surface area contributed by atoms with Gasteiger partial charge in [-0.1, -0.05) is 6.92 Å². The van der Waals surface area contributed by atoms with Crippen molar-refractivity contribution >= 4 is 22.7 Å². The minimum absolute atomic E-state index is 0.475. The molecule has 96 valence electrons. The van der Waals surface area contributed by atoms with Gasteiger partial charge in [-0.2, -0.15) is 11.3 Å². The first kappa shape index (κ1) is 12.3. The van der Waals surface area contributed by atoms with Gasteiger partial charge in [-0.05, 0) is 43.7 Å². The van der Waals surface area contributed by atoms with Crippen LogP contribution in [0.5, 0.6) is 0 Å². The molecule has 0 aliphatic heterocycles. The van der Waals surface area contributed by atoms with E-state index in [1.807, 2.05) is 11.3 Å². The summed E-state index contributed by atoms with van der Waals surface area (Å²) < 4.78 is 0. The number of fused-ring (bicyclic) bond motifs is 1. The molecule has 2 aromatic heterocycles. The molecule has 0 amide bonds. The summed E-state index contributed by atoms with van der Waals surface area (Å²) in [7, 11) is 0. The summed E-state index contributed by atoms with van der Waals surface area (Å²) in [6.45, 7) is 5.37. The molecule has 4 heteroatoms. The van der Waals surface area contributed by atoms with E-state index >= 15 is 0 Å². The van der Waals surface area contributed by atoms with Gasteiger partial charge in [0.05, 0.1) is 11.7 Å². The average Bonchev–Trinajstić information content (AvgIpc) is 2.95. The molecule has 0 aromatic carbocycles. The summed E-state index contributed by atoms with van der Waals surface area (Å²) in [5.41, 5.74) is 3.99. The van der Waals surface area contributed by atoms with Crippen molar-refractivity contribution < 1.29 is 0 Å². The monoisotopic (exact) mass is 278 g/mol. The topological polar surface area (TPSA) is 24.9 Å². The fraction of sp³-hybridized carbons (Fsp3) is 0.500. The maximum atomic E-state index is 4.92. The number of aromatic nitrogens is 1. The van der Waals surface area contributed by atoms with Crippen LogP contribution in [0.4, 0.5) is 0 Å². The van der Waals surface area contributed by atoms with Crippen molar-refractivity contribution in [2.45, 2.75) is 39.2 Å². The number of nitrogens with one attached hydrogen (secondary N) is 1. The van der Waals surface area contributed by atoms with E-state index in [0.29, 0.717) is 6.04 Å². The highest BCUT2D eigenvalue weighted by atomic mass is 32.1. The minimum Gasteiger partial charge on any atom is -0.309 e. The van der Waals surface area contributed by atoms with E-state index in [1.165, 1.54) is 46.0 Å². The summed E-state index contributed by atoms with van der Waals surface area (Å²) in [6.07, 6.45) is 3.72. The molecule has 0 saturated carbocycles. The van der Waals surface area contributed by atoms with Crippen molar-refractivity contribution in [1.82, 2.24) is 10.3 Å². The lowest BCUT2D eigenvalue weighted by Gasteiger charge is -2.21. The van der Waals surface area contributed by atoms with E-state index in [4.69, 9.17) is 4.98 Å². The zero-order valence-electron chi connectivity index (χ0n) is 10.8. The molecule has 0 spiro atoms. The Morgan fingerprint density at radius 1 is 1.44 bits per heavy atom. The van der Waals surface area contributed by atoms with Crippen molar-refractivity contribution in [3.8, 4) is 10.6 Å². The van der Waals surface area contributed by atoms with E-state index in [-0.39, 0.29) is 0 Å². The third-order valence-corrected chi connectivity index (χ3v) is 5.52. The molecule has 1 N–H and O–H groups in total. The Labute approximate surface area is 116 Å². The highest BCUT2D eigenvalue weighted by Crippen LogP contribution is 2.38. The van der Waals surface area contributed by atoms with Gasteiger partial charge in [-0.3, -0.25) is 0 Å². The zero-order valence-corrected chi connectivity index (χ0v) is 12.5. The first-order valence-corrected chi connectivity index (χ1v) is 8.31. The Hall–Kier alpha value is -0.710. The van der Waals surface area contributed by atoms with Crippen LogP contribution in [0.3, 0.4) is 0 Å². The van der Waals surface area contributed by atoms with Crippen LogP contribution in [-0.2, 0) is 6.42 Å². The Bertz CT molecular complexity index is 542. The molecule has 2 aromatic rings.